The molecule has 17 heavy (non-hydrogen) atoms. The van der Waals surface area contributed by atoms with Crippen LogP contribution in [0.3, 0.4) is 0 Å². The van der Waals surface area contributed by atoms with E-state index in [0.29, 0.717) is 26.2 Å². The Morgan fingerprint density at radius 3 is 1.94 bits per heavy atom. The average Bonchev–Trinajstić information content (AvgIpc) is 2.39. The summed E-state index contributed by atoms with van der Waals surface area (Å²) >= 11 is 0. The second-order valence-electron chi connectivity index (χ2n) is 4.20. The summed E-state index contributed by atoms with van der Waals surface area (Å²) in [5.74, 6) is -0.704. The van der Waals surface area contributed by atoms with Crippen LogP contribution in [0, 0.1) is 0 Å². The van der Waals surface area contributed by atoms with E-state index in [-0.39, 0.29) is 11.8 Å². The first-order valence-corrected chi connectivity index (χ1v) is 6.44. The van der Waals surface area contributed by atoms with Gasteiger partial charge in [0.15, 0.2) is 0 Å². The Labute approximate surface area is 103 Å². The number of likely N-dealkylation sites (N-methyl/N-ethyl adjacent to an activating group) is 2. The van der Waals surface area contributed by atoms with Crippen molar-refractivity contribution in [2.45, 2.75) is 20.8 Å². The summed E-state index contributed by atoms with van der Waals surface area (Å²) in [6.07, 6.45) is 0. The summed E-state index contributed by atoms with van der Waals surface area (Å²) in [5.41, 5.74) is 0. The molecular weight excluding hydrogens is 218 g/mol. The van der Waals surface area contributed by atoms with E-state index in [2.05, 4.69) is 11.8 Å². The van der Waals surface area contributed by atoms with Crippen molar-refractivity contribution in [1.29, 1.82) is 0 Å². The van der Waals surface area contributed by atoms with Crippen molar-refractivity contribution in [3.8, 4) is 0 Å². The van der Waals surface area contributed by atoms with Gasteiger partial charge in [-0.2, -0.15) is 0 Å². The lowest BCUT2D eigenvalue weighted by molar-refractivity contribution is -0.152. The summed E-state index contributed by atoms with van der Waals surface area (Å²) in [6, 6.07) is 0. The minimum Gasteiger partial charge on any atom is -0.335 e. The van der Waals surface area contributed by atoms with Gasteiger partial charge in [-0.1, -0.05) is 6.92 Å². The number of hydrogen-bond donors (Lipinski definition) is 0. The molecule has 1 rings (SSSR count). The fourth-order valence-electron chi connectivity index (χ4n) is 2.05. The van der Waals surface area contributed by atoms with Gasteiger partial charge in [0, 0.05) is 39.3 Å². The van der Waals surface area contributed by atoms with Gasteiger partial charge in [-0.15, -0.1) is 0 Å². The minimum absolute atomic E-state index is 0.343. The fraction of sp³-hybridized carbons (Fsp3) is 0.833. The fourth-order valence-corrected chi connectivity index (χ4v) is 2.05. The number of hydrogen-bond acceptors (Lipinski definition) is 3. The molecule has 1 saturated heterocycles. The maximum absolute atomic E-state index is 12.0. The highest BCUT2D eigenvalue weighted by Gasteiger charge is 2.27. The maximum atomic E-state index is 12.0. The predicted octanol–water partition coefficient (Wildman–Crippen LogP) is 0.0189. The van der Waals surface area contributed by atoms with Gasteiger partial charge in [-0.3, -0.25) is 9.59 Å². The Morgan fingerprint density at radius 1 is 1.00 bits per heavy atom. The van der Waals surface area contributed by atoms with Crippen LogP contribution in [0.5, 0.6) is 0 Å². The molecule has 0 radical (unpaired) electrons. The van der Waals surface area contributed by atoms with Gasteiger partial charge >= 0.3 is 11.8 Å². The molecule has 0 unspecified atom stereocenters. The first-order chi connectivity index (χ1) is 8.13. The van der Waals surface area contributed by atoms with E-state index < -0.39 is 0 Å². The third-order valence-electron chi connectivity index (χ3n) is 3.34. The van der Waals surface area contributed by atoms with Crippen molar-refractivity contribution in [3.05, 3.63) is 0 Å². The normalized spacial score (nSPS) is 17.0. The van der Waals surface area contributed by atoms with Crippen molar-refractivity contribution < 1.29 is 9.59 Å². The quantitative estimate of drug-likeness (QED) is 0.654. The van der Waals surface area contributed by atoms with Gasteiger partial charge in [0.1, 0.15) is 0 Å². The van der Waals surface area contributed by atoms with Crippen LogP contribution >= 0.6 is 0 Å². The van der Waals surface area contributed by atoms with E-state index in [4.69, 9.17) is 0 Å². The van der Waals surface area contributed by atoms with Crippen molar-refractivity contribution in [2.24, 2.45) is 0 Å². The minimum atomic E-state index is -0.361. The van der Waals surface area contributed by atoms with Gasteiger partial charge in [0.05, 0.1) is 0 Å². The van der Waals surface area contributed by atoms with Gasteiger partial charge in [0.25, 0.3) is 0 Å². The molecule has 0 atom stereocenters. The van der Waals surface area contributed by atoms with Crippen molar-refractivity contribution in [3.63, 3.8) is 0 Å². The van der Waals surface area contributed by atoms with Gasteiger partial charge in [0.2, 0.25) is 0 Å². The molecule has 0 saturated carbocycles. The summed E-state index contributed by atoms with van der Waals surface area (Å²) in [6.45, 7) is 11.2. The van der Waals surface area contributed by atoms with Gasteiger partial charge in [-0.25, -0.2) is 0 Å². The number of amides is 2. The third kappa shape index (κ3) is 3.43. The zero-order valence-electron chi connectivity index (χ0n) is 11.1. The lowest BCUT2D eigenvalue weighted by atomic mass is 10.3. The molecule has 1 fully saturated rings. The van der Waals surface area contributed by atoms with Crippen LogP contribution in [0.4, 0.5) is 0 Å². The number of rotatable bonds is 3. The molecule has 1 aliphatic rings. The Hall–Kier alpha value is -1.10. The summed E-state index contributed by atoms with van der Waals surface area (Å²) in [5, 5.41) is 0. The van der Waals surface area contributed by atoms with Crippen LogP contribution in [0.15, 0.2) is 0 Å². The molecule has 1 aliphatic heterocycles. The second kappa shape index (κ2) is 6.59. The smallest absolute Gasteiger partial charge is 0.312 e. The molecule has 98 valence electrons. The highest BCUT2D eigenvalue weighted by molar-refractivity contribution is 6.34. The summed E-state index contributed by atoms with van der Waals surface area (Å²) in [7, 11) is 0. The van der Waals surface area contributed by atoms with Crippen LogP contribution in [0.1, 0.15) is 20.8 Å². The number of carbonyl (C=O) groups is 2. The molecule has 5 heteroatoms. The molecule has 2 amide bonds. The molecule has 0 aliphatic carbocycles. The van der Waals surface area contributed by atoms with E-state index in [9.17, 15) is 9.59 Å². The average molecular weight is 241 g/mol. The van der Waals surface area contributed by atoms with Crippen LogP contribution < -0.4 is 0 Å². The molecule has 1 heterocycles. The summed E-state index contributed by atoms with van der Waals surface area (Å²) in [4.78, 5) is 29.4. The van der Waals surface area contributed by atoms with E-state index >= 15 is 0 Å². The second-order valence-corrected chi connectivity index (χ2v) is 4.20. The SMILES string of the molecule is CCN1CCN(C(=O)C(=O)N(CC)CC)CC1. The van der Waals surface area contributed by atoms with Gasteiger partial charge < -0.3 is 14.7 Å². The first-order valence-electron chi connectivity index (χ1n) is 6.44. The van der Waals surface area contributed by atoms with Crippen molar-refractivity contribution in [1.82, 2.24) is 14.7 Å². The topological polar surface area (TPSA) is 43.9 Å². The van der Waals surface area contributed by atoms with Crippen LogP contribution in [0.25, 0.3) is 0 Å². The first kappa shape index (κ1) is 14.0. The Bertz CT molecular complexity index is 269. The molecule has 0 aromatic rings. The highest BCUT2D eigenvalue weighted by Crippen LogP contribution is 2.03. The highest BCUT2D eigenvalue weighted by atomic mass is 16.2. The van der Waals surface area contributed by atoms with Gasteiger partial charge in [-0.05, 0) is 20.4 Å². The molecule has 5 nitrogen and oxygen atoms in total. The summed E-state index contributed by atoms with van der Waals surface area (Å²) < 4.78 is 0. The largest absolute Gasteiger partial charge is 0.335 e. The lowest BCUT2D eigenvalue weighted by Gasteiger charge is -2.34. The van der Waals surface area contributed by atoms with E-state index in [1.807, 2.05) is 13.8 Å². The Kier molecular flexibility index (Phi) is 5.41. The predicted molar refractivity (Wildman–Crippen MR) is 66.6 cm³/mol. The molecule has 0 bridgehead atoms. The standard InChI is InChI=1S/C12H23N3O2/c1-4-13-7-9-15(10-8-13)12(17)11(16)14(5-2)6-3/h4-10H2,1-3H3. The Morgan fingerprint density at radius 2 is 1.53 bits per heavy atom. The zero-order valence-corrected chi connectivity index (χ0v) is 11.1. The van der Waals surface area contributed by atoms with Crippen molar-refractivity contribution >= 4 is 11.8 Å². The number of nitrogens with zero attached hydrogens (tertiary/aromatic N) is 3. The number of carbonyl (C=O) groups excluding carboxylic acids is 2. The van der Waals surface area contributed by atoms with E-state index in [1.54, 1.807) is 9.80 Å². The van der Waals surface area contributed by atoms with E-state index in [0.717, 1.165) is 19.6 Å². The van der Waals surface area contributed by atoms with Crippen molar-refractivity contribution in [2.75, 3.05) is 45.8 Å². The molecule has 0 spiro atoms. The molecule has 0 aromatic carbocycles. The molecule has 0 aromatic heterocycles. The Balaban J connectivity index is 2.51. The zero-order chi connectivity index (χ0) is 12.8. The third-order valence-corrected chi connectivity index (χ3v) is 3.34. The van der Waals surface area contributed by atoms with Crippen LogP contribution in [0.2, 0.25) is 0 Å². The maximum Gasteiger partial charge on any atom is 0.312 e. The molecule has 0 N–H and O–H groups in total. The lowest BCUT2D eigenvalue weighted by Crippen LogP contribution is -2.53. The van der Waals surface area contributed by atoms with Crippen LogP contribution in [-0.4, -0.2) is 72.3 Å². The monoisotopic (exact) mass is 241 g/mol. The number of piperazine rings is 1. The molecular formula is C12H23N3O2. The van der Waals surface area contributed by atoms with Crippen LogP contribution in [-0.2, 0) is 9.59 Å². The van der Waals surface area contributed by atoms with E-state index in [1.165, 1.54) is 0 Å².